The first-order chi connectivity index (χ1) is 13.6. The van der Waals surface area contributed by atoms with E-state index in [9.17, 15) is 0 Å². The Hall–Kier alpha value is -0.440. The quantitative estimate of drug-likeness (QED) is 0.144. The molecule has 164 valence electrons. The van der Waals surface area contributed by atoms with Gasteiger partial charge in [0.1, 0.15) is 0 Å². The molecule has 3 atom stereocenters. The highest BCUT2D eigenvalue weighted by Crippen LogP contribution is 2.23. The van der Waals surface area contributed by atoms with Gasteiger partial charge in [0.05, 0.1) is 0 Å². The van der Waals surface area contributed by atoms with E-state index in [1.54, 1.807) is 0 Å². The SMILES string of the molecule is [CH2]C#CCCCCCC(C)CCCC(C)CCC(C)CCCCCCCC[CH2]. The van der Waals surface area contributed by atoms with Crippen molar-refractivity contribution < 1.29 is 0 Å². The molecule has 0 saturated carbocycles. The average molecular weight is 389 g/mol. The van der Waals surface area contributed by atoms with Gasteiger partial charge in [0, 0.05) is 13.3 Å². The first kappa shape index (κ1) is 27.6. The Bertz CT molecular complexity index is 358. The van der Waals surface area contributed by atoms with Crippen LogP contribution >= 0.6 is 0 Å². The van der Waals surface area contributed by atoms with E-state index in [1.807, 2.05) is 0 Å². The Morgan fingerprint density at radius 2 is 0.964 bits per heavy atom. The van der Waals surface area contributed by atoms with Gasteiger partial charge in [0.15, 0.2) is 0 Å². The van der Waals surface area contributed by atoms with E-state index in [2.05, 4.69) is 46.5 Å². The average Bonchev–Trinajstić information content (AvgIpc) is 2.68. The fourth-order valence-electron chi connectivity index (χ4n) is 4.16. The predicted octanol–water partition coefficient (Wildman–Crippen LogP) is 9.59. The third kappa shape index (κ3) is 20.3. The van der Waals surface area contributed by atoms with Gasteiger partial charge in [-0.05, 0) is 24.2 Å². The van der Waals surface area contributed by atoms with Crippen LogP contribution in [0.4, 0.5) is 0 Å². The monoisotopic (exact) mass is 388 g/mol. The van der Waals surface area contributed by atoms with E-state index < -0.39 is 0 Å². The summed E-state index contributed by atoms with van der Waals surface area (Å²) in [5.74, 6) is 8.55. The van der Waals surface area contributed by atoms with Crippen molar-refractivity contribution in [1.29, 1.82) is 0 Å². The summed E-state index contributed by atoms with van der Waals surface area (Å²) in [6.07, 6.45) is 24.6. The Morgan fingerprint density at radius 3 is 1.50 bits per heavy atom. The minimum absolute atomic E-state index is 0.902. The lowest BCUT2D eigenvalue weighted by molar-refractivity contribution is 0.362. The normalized spacial score (nSPS) is 14.3. The van der Waals surface area contributed by atoms with Crippen LogP contribution in [0.5, 0.6) is 0 Å². The summed E-state index contributed by atoms with van der Waals surface area (Å²) in [6, 6.07) is 0. The highest BCUT2D eigenvalue weighted by Gasteiger charge is 2.08. The van der Waals surface area contributed by atoms with Gasteiger partial charge in [-0.3, -0.25) is 0 Å². The van der Waals surface area contributed by atoms with Gasteiger partial charge in [-0.25, -0.2) is 0 Å². The number of hydrogen-bond acceptors (Lipinski definition) is 0. The maximum absolute atomic E-state index is 3.92. The molecule has 0 amide bonds. The molecule has 28 heavy (non-hydrogen) atoms. The molecule has 0 fully saturated rings. The zero-order valence-electron chi connectivity index (χ0n) is 19.9. The van der Waals surface area contributed by atoms with Crippen molar-refractivity contribution in [3.8, 4) is 11.8 Å². The van der Waals surface area contributed by atoms with Crippen molar-refractivity contribution in [2.24, 2.45) is 17.8 Å². The van der Waals surface area contributed by atoms with Gasteiger partial charge < -0.3 is 0 Å². The number of hydrogen-bond donors (Lipinski definition) is 0. The van der Waals surface area contributed by atoms with E-state index in [-0.39, 0.29) is 0 Å². The summed E-state index contributed by atoms with van der Waals surface area (Å²) in [7, 11) is 0. The lowest BCUT2D eigenvalue weighted by Gasteiger charge is -2.17. The van der Waals surface area contributed by atoms with Gasteiger partial charge in [-0.1, -0.05) is 130 Å². The van der Waals surface area contributed by atoms with Crippen LogP contribution < -0.4 is 0 Å². The van der Waals surface area contributed by atoms with Gasteiger partial charge in [-0.2, -0.15) is 0 Å². The molecule has 0 heteroatoms. The second-order valence-electron chi connectivity index (χ2n) is 9.54. The van der Waals surface area contributed by atoms with Crippen molar-refractivity contribution in [2.75, 3.05) is 0 Å². The van der Waals surface area contributed by atoms with Crippen LogP contribution in [0.25, 0.3) is 0 Å². The molecule has 0 bridgehead atoms. The van der Waals surface area contributed by atoms with E-state index in [1.165, 1.54) is 103 Å². The molecule has 0 rings (SSSR count). The minimum atomic E-state index is 0.902. The third-order valence-electron chi connectivity index (χ3n) is 6.37. The molecule has 3 unspecified atom stereocenters. The zero-order valence-corrected chi connectivity index (χ0v) is 19.9. The van der Waals surface area contributed by atoms with Crippen molar-refractivity contribution in [3.63, 3.8) is 0 Å². The predicted molar refractivity (Wildman–Crippen MR) is 129 cm³/mol. The smallest absolute Gasteiger partial charge is 0.0198 e. The lowest BCUT2D eigenvalue weighted by atomic mass is 9.89. The molecule has 0 aromatic heterocycles. The summed E-state index contributed by atoms with van der Waals surface area (Å²) in [4.78, 5) is 0. The van der Waals surface area contributed by atoms with Crippen LogP contribution in [0.1, 0.15) is 136 Å². The topological polar surface area (TPSA) is 0 Å². The van der Waals surface area contributed by atoms with Crippen molar-refractivity contribution in [2.45, 2.75) is 136 Å². The van der Waals surface area contributed by atoms with Crippen LogP contribution in [0, 0.1) is 43.4 Å². The molecule has 0 aromatic carbocycles. The van der Waals surface area contributed by atoms with Gasteiger partial charge >= 0.3 is 0 Å². The van der Waals surface area contributed by atoms with E-state index in [0.717, 1.165) is 30.6 Å². The molecular formula is C28H52. The van der Waals surface area contributed by atoms with Crippen molar-refractivity contribution in [1.82, 2.24) is 0 Å². The second-order valence-corrected chi connectivity index (χ2v) is 9.54. The van der Waals surface area contributed by atoms with Crippen LogP contribution in [-0.4, -0.2) is 0 Å². The molecule has 0 nitrogen and oxygen atoms in total. The molecule has 0 aliphatic rings. The molecule has 0 heterocycles. The fraction of sp³-hybridized carbons (Fsp3) is 0.857. The lowest BCUT2D eigenvalue weighted by Crippen LogP contribution is -2.02. The van der Waals surface area contributed by atoms with Crippen molar-refractivity contribution in [3.05, 3.63) is 13.8 Å². The molecule has 0 aromatic rings. The summed E-state index contributed by atoms with van der Waals surface area (Å²) in [5, 5.41) is 0. The Kier molecular flexibility index (Phi) is 20.9. The highest BCUT2D eigenvalue weighted by atomic mass is 14.1. The van der Waals surface area contributed by atoms with E-state index in [0.29, 0.717) is 0 Å². The van der Waals surface area contributed by atoms with Crippen LogP contribution in [0.2, 0.25) is 0 Å². The molecule has 0 aliphatic heterocycles. The van der Waals surface area contributed by atoms with Crippen LogP contribution in [0.15, 0.2) is 0 Å². The standard InChI is InChI=1S/C28H52/c1-6-8-10-12-14-16-18-21-27(4)24-25-28(5)23-19-22-26(3)20-17-15-13-11-9-7-2/h26-28H,1-2,6,8,10-25H2,3-5H3. The Labute approximate surface area is 180 Å². The molecule has 0 spiro atoms. The molecule has 0 aliphatic carbocycles. The minimum Gasteiger partial charge on any atom is -0.103 e. The largest absolute Gasteiger partial charge is 0.103 e. The van der Waals surface area contributed by atoms with Gasteiger partial charge in [-0.15, -0.1) is 11.8 Å². The number of unbranched alkanes of at least 4 members (excludes halogenated alkanes) is 9. The molecule has 2 radical (unpaired) electrons. The van der Waals surface area contributed by atoms with Gasteiger partial charge in [0.2, 0.25) is 0 Å². The number of rotatable bonds is 20. The summed E-state index contributed by atoms with van der Waals surface area (Å²) >= 11 is 0. The van der Waals surface area contributed by atoms with E-state index >= 15 is 0 Å². The Balaban J connectivity index is 3.47. The highest BCUT2D eigenvalue weighted by molar-refractivity contribution is 5.00. The molecule has 0 saturated heterocycles. The third-order valence-corrected chi connectivity index (χ3v) is 6.37. The zero-order chi connectivity index (χ0) is 20.9. The molecular weight excluding hydrogens is 336 g/mol. The Morgan fingerprint density at radius 1 is 0.536 bits per heavy atom. The maximum Gasteiger partial charge on any atom is 0.0198 e. The van der Waals surface area contributed by atoms with Crippen LogP contribution in [0.3, 0.4) is 0 Å². The summed E-state index contributed by atoms with van der Waals surface area (Å²) < 4.78 is 0. The van der Waals surface area contributed by atoms with Crippen molar-refractivity contribution >= 4 is 0 Å². The first-order valence-corrected chi connectivity index (χ1v) is 12.6. The maximum atomic E-state index is 3.92. The second kappa shape index (κ2) is 21.3. The van der Waals surface area contributed by atoms with E-state index in [4.69, 9.17) is 0 Å². The van der Waals surface area contributed by atoms with Gasteiger partial charge in [0.25, 0.3) is 0 Å². The molecule has 0 N–H and O–H groups in total. The fourth-order valence-corrected chi connectivity index (χ4v) is 4.16. The first-order valence-electron chi connectivity index (χ1n) is 12.6. The van der Waals surface area contributed by atoms with Crippen LogP contribution in [-0.2, 0) is 0 Å². The summed E-state index contributed by atoms with van der Waals surface area (Å²) in [5.41, 5.74) is 0. The summed E-state index contributed by atoms with van der Waals surface area (Å²) in [6.45, 7) is 14.9.